The van der Waals surface area contributed by atoms with Crippen molar-refractivity contribution in [2.24, 2.45) is 5.92 Å². The van der Waals surface area contributed by atoms with Gasteiger partial charge in [0, 0.05) is 38.6 Å². The SMILES string of the molecule is O=C(NCc1ccsc1)C(=O)NCC1CCN(c2cnccn2)CC1. The molecule has 0 aromatic carbocycles. The van der Waals surface area contributed by atoms with Crippen LogP contribution in [0.2, 0.25) is 0 Å². The summed E-state index contributed by atoms with van der Waals surface area (Å²) in [7, 11) is 0. The van der Waals surface area contributed by atoms with E-state index < -0.39 is 11.8 Å². The molecule has 0 unspecified atom stereocenters. The number of amides is 2. The minimum absolute atomic E-state index is 0.376. The monoisotopic (exact) mass is 359 g/mol. The zero-order chi connectivity index (χ0) is 17.5. The van der Waals surface area contributed by atoms with Crippen LogP contribution in [0.4, 0.5) is 5.82 Å². The van der Waals surface area contributed by atoms with Gasteiger partial charge >= 0.3 is 11.8 Å². The average Bonchev–Trinajstić information content (AvgIpc) is 3.19. The van der Waals surface area contributed by atoms with E-state index in [-0.39, 0.29) is 0 Å². The molecule has 1 aliphatic rings. The van der Waals surface area contributed by atoms with Gasteiger partial charge in [-0.2, -0.15) is 11.3 Å². The Bertz CT molecular complexity index is 684. The van der Waals surface area contributed by atoms with E-state index in [4.69, 9.17) is 0 Å². The van der Waals surface area contributed by atoms with E-state index in [0.717, 1.165) is 37.3 Å². The lowest BCUT2D eigenvalue weighted by atomic mass is 9.97. The van der Waals surface area contributed by atoms with Crippen molar-refractivity contribution in [1.82, 2.24) is 20.6 Å². The molecule has 3 heterocycles. The first-order chi connectivity index (χ1) is 12.2. The summed E-state index contributed by atoms with van der Waals surface area (Å²) in [6.07, 6.45) is 7.02. The van der Waals surface area contributed by atoms with Crippen LogP contribution in [0, 0.1) is 5.92 Å². The molecule has 0 aliphatic carbocycles. The van der Waals surface area contributed by atoms with Crippen LogP contribution in [0.25, 0.3) is 0 Å². The number of hydrogen-bond donors (Lipinski definition) is 2. The molecule has 25 heavy (non-hydrogen) atoms. The maximum atomic E-state index is 11.9. The van der Waals surface area contributed by atoms with Gasteiger partial charge in [-0.1, -0.05) is 0 Å². The summed E-state index contributed by atoms with van der Waals surface area (Å²) in [5.74, 6) is 0.120. The Morgan fingerprint density at radius 2 is 2.00 bits per heavy atom. The zero-order valence-corrected chi connectivity index (χ0v) is 14.7. The molecule has 2 aromatic heterocycles. The molecule has 0 radical (unpaired) electrons. The number of piperidine rings is 1. The lowest BCUT2D eigenvalue weighted by Crippen LogP contribution is -2.43. The maximum Gasteiger partial charge on any atom is 0.309 e. The van der Waals surface area contributed by atoms with Crippen molar-refractivity contribution < 1.29 is 9.59 Å². The number of rotatable bonds is 5. The van der Waals surface area contributed by atoms with Gasteiger partial charge in [0.25, 0.3) is 0 Å². The molecule has 132 valence electrons. The number of thiophene rings is 1. The summed E-state index contributed by atoms with van der Waals surface area (Å²) < 4.78 is 0. The molecule has 2 aromatic rings. The van der Waals surface area contributed by atoms with Crippen LogP contribution in [0.15, 0.2) is 35.4 Å². The van der Waals surface area contributed by atoms with Crippen LogP contribution in [-0.2, 0) is 16.1 Å². The van der Waals surface area contributed by atoms with Gasteiger partial charge in [-0.25, -0.2) is 4.98 Å². The van der Waals surface area contributed by atoms with Crippen molar-refractivity contribution in [2.75, 3.05) is 24.5 Å². The van der Waals surface area contributed by atoms with E-state index in [1.165, 1.54) is 0 Å². The molecule has 0 bridgehead atoms. The van der Waals surface area contributed by atoms with Crippen molar-refractivity contribution in [3.8, 4) is 0 Å². The van der Waals surface area contributed by atoms with E-state index in [9.17, 15) is 9.59 Å². The fraction of sp³-hybridized carbons (Fsp3) is 0.412. The van der Waals surface area contributed by atoms with Gasteiger partial charge in [-0.15, -0.1) is 0 Å². The van der Waals surface area contributed by atoms with E-state index in [1.807, 2.05) is 16.8 Å². The number of carbonyl (C=O) groups is 2. The van der Waals surface area contributed by atoms with E-state index in [1.54, 1.807) is 29.9 Å². The molecule has 0 atom stereocenters. The van der Waals surface area contributed by atoms with Gasteiger partial charge in [-0.3, -0.25) is 14.6 Å². The van der Waals surface area contributed by atoms with Gasteiger partial charge in [0.15, 0.2) is 0 Å². The number of nitrogens with zero attached hydrogens (tertiary/aromatic N) is 3. The second-order valence-electron chi connectivity index (χ2n) is 6.02. The van der Waals surface area contributed by atoms with Crippen molar-refractivity contribution in [3.63, 3.8) is 0 Å². The molecule has 8 heteroatoms. The maximum absolute atomic E-state index is 11.9. The molecular formula is C17H21N5O2S. The summed E-state index contributed by atoms with van der Waals surface area (Å²) >= 11 is 1.56. The Kier molecular flexibility index (Phi) is 5.95. The minimum Gasteiger partial charge on any atom is -0.355 e. The fourth-order valence-corrected chi connectivity index (χ4v) is 3.46. The Morgan fingerprint density at radius 1 is 1.20 bits per heavy atom. The average molecular weight is 359 g/mol. The van der Waals surface area contributed by atoms with Crippen LogP contribution in [-0.4, -0.2) is 41.4 Å². The zero-order valence-electron chi connectivity index (χ0n) is 13.9. The predicted molar refractivity (Wildman–Crippen MR) is 96.1 cm³/mol. The minimum atomic E-state index is -0.580. The molecule has 1 saturated heterocycles. The topological polar surface area (TPSA) is 87.2 Å². The van der Waals surface area contributed by atoms with Crippen LogP contribution >= 0.6 is 11.3 Å². The van der Waals surface area contributed by atoms with Crippen molar-refractivity contribution in [2.45, 2.75) is 19.4 Å². The first-order valence-corrected chi connectivity index (χ1v) is 9.24. The third-order valence-corrected chi connectivity index (χ3v) is 5.01. The first kappa shape index (κ1) is 17.3. The Labute approximate surface area is 150 Å². The van der Waals surface area contributed by atoms with Gasteiger partial charge in [0.05, 0.1) is 6.20 Å². The molecule has 7 nitrogen and oxygen atoms in total. The summed E-state index contributed by atoms with van der Waals surface area (Å²) in [5, 5.41) is 9.26. The molecular weight excluding hydrogens is 338 g/mol. The lowest BCUT2D eigenvalue weighted by Gasteiger charge is -2.32. The van der Waals surface area contributed by atoms with Crippen molar-refractivity contribution in [1.29, 1.82) is 0 Å². The Morgan fingerprint density at radius 3 is 2.68 bits per heavy atom. The van der Waals surface area contributed by atoms with E-state index >= 15 is 0 Å². The molecule has 1 aliphatic heterocycles. The third-order valence-electron chi connectivity index (χ3n) is 4.28. The second-order valence-corrected chi connectivity index (χ2v) is 6.80. The summed E-state index contributed by atoms with van der Waals surface area (Å²) in [6.45, 7) is 2.67. The largest absolute Gasteiger partial charge is 0.355 e. The van der Waals surface area contributed by atoms with Gasteiger partial charge in [0.2, 0.25) is 0 Å². The Balaban J connectivity index is 1.36. The molecule has 0 spiro atoms. The molecule has 1 fully saturated rings. The highest BCUT2D eigenvalue weighted by Crippen LogP contribution is 2.20. The van der Waals surface area contributed by atoms with Crippen LogP contribution < -0.4 is 15.5 Å². The quantitative estimate of drug-likeness (QED) is 0.783. The number of aromatic nitrogens is 2. The highest BCUT2D eigenvalue weighted by molar-refractivity contribution is 7.07. The summed E-state index contributed by atoms with van der Waals surface area (Å²) in [4.78, 5) is 34.3. The predicted octanol–water partition coefficient (Wildman–Crippen LogP) is 1.19. The number of carbonyl (C=O) groups excluding carboxylic acids is 2. The van der Waals surface area contributed by atoms with E-state index in [0.29, 0.717) is 19.0 Å². The van der Waals surface area contributed by atoms with Gasteiger partial charge < -0.3 is 15.5 Å². The molecule has 0 saturated carbocycles. The van der Waals surface area contributed by atoms with Gasteiger partial charge in [-0.05, 0) is 41.1 Å². The van der Waals surface area contributed by atoms with Gasteiger partial charge in [0.1, 0.15) is 5.82 Å². The first-order valence-electron chi connectivity index (χ1n) is 8.30. The summed E-state index contributed by atoms with van der Waals surface area (Å²) in [6, 6.07) is 1.92. The Hall–Kier alpha value is -2.48. The lowest BCUT2D eigenvalue weighted by molar-refractivity contribution is -0.139. The fourth-order valence-electron chi connectivity index (χ4n) is 2.79. The van der Waals surface area contributed by atoms with E-state index in [2.05, 4.69) is 25.5 Å². The number of nitrogens with one attached hydrogen (secondary N) is 2. The van der Waals surface area contributed by atoms with Crippen molar-refractivity contribution in [3.05, 3.63) is 41.0 Å². The number of anilines is 1. The van der Waals surface area contributed by atoms with Crippen LogP contribution in [0.5, 0.6) is 0 Å². The molecule has 2 amide bonds. The molecule has 3 rings (SSSR count). The van der Waals surface area contributed by atoms with Crippen molar-refractivity contribution >= 4 is 29.0 Å². The number of hydrogen-bond acceptors (Lipinski definition) is 6. The third kappa shape index (κ3) is 4.99. The summed E-state index contributed by atoms with van der Waals surface area (Å²) in [5.41, 5.74) is 1.00. The second kappa shape index (κ2) is 8.57. The van der Waals surface area contributed by atoms with Crippen LogP contribution in [0.1, 0.15) is 18.4 Å². The smallest absolute Gasteiger partial charge is 0.309 e. The van der Waals surface area contributed by atoms with Crippen LogP contribution in [0.3, 0.4) is 0 Å². The highest BCUT2D eigenvalue weighted by atomic mass is 32.1. The molecule has 2 N–H and O–H groups in total. The normalized spacial score (nSPS) is 15.0. The highest BCUT2D eigenvalue weighted by Gasteiger charge is 2.22. The standard InChI is InChI=1S/C17H21N5O2S/c23-16(17(24)21-10-14-3-8-25-12-14)20-9-13-1-6-22(7-2-13)15-11-18-4-5-19-15/h3-5,8,11-13H,1-2,6-7,9-10H2,(H,20,23)(H,21,24).